The molecule has 0 spiro atoms. The molecule has 2 aromatic rings. The summed E-state index contributed by atoms with van der Waals surface area (Å²) in [5.41, 5.74) is 1.17. The molecule has 0 aliphatic rings. The maximum absolute atomic E-state index is 11.6. The molecule has 0 atom stereocenters. The van der Waals surface area contributed by atoms with Gasteiger partial charge in [-0.2, -0.15) is 8.42 Å². The van der Waals surface area contributed by atoms with Crippen LogP contribution in [-0.2, 0) is 16.5 Å². The molecule has 0 fully saturated rings. The van der Waals surface area contributed by atoms with Crippen LogP contribution in [0.2, 0.25) is 0 Å². The predicted molar refractivity (Wildman–Crippen MR) is 125 cm³/mol. The minimum absolute atomic E-state index is 0.181. The predicted octanol–water partition coefficient (Wildman–Crippen LogP) is 7.34. The average molecular weight is 435 g/mol. The fourth-order valence-corrected chi connectivity index (χ4v) is 4.73. The van der Waals surface area contributed by atoms with Crippen LogP contribution in [0.1, 0.15) is 89.5 Å². The van der Waals surface area contributed by atoms with E-state index in [1.165, 1.54) is 89.4 Å². The lowest BCUT2D eigenvalue weighted by atomic mass is 10.0. The molecule has 0 amide bonds. The Morgan fingerprint density at radius 2 is 1.33 bits per heavy atom. The molecule has 30 heavy (non-hydrogen) atoms. The lowest BCUT2D eigenvalue weighted by Crippen LogP contribution is -2.02. The first-order chi connectivity index (χ1) is 14.5. The van der Waals surface area contributed by atoms with Gasteiger partial charge in [0, 0.05) is 5.39 Å². The summed E-state index contributed by atoms with van der Waals surface area (Å²) in [7, 11) is -2.88. The second kappa shape index (κ2) is 13.0. The molecule has 4 nitrogen and oxygen atoms in total. The molecule has 5 heteroatoms. The van der Waals surface area contributed by atoms with E-state index >= 15 is 0 Å². The molecule has 168 valence electrons. The highest BCUT2D eigenvalue weighted by atomic mass is 32.2. The number of benzene rings is 2. The lowest BCUT2D eigenvalue weighted by Gasteiger charge is -2.11. The van der Waals surface area contributed by atoms with Crippen molar-refractivity contribution in [1.29, 1.82) is 0 Å². The van der Waals surface area contributed by atoms with Gasteiger partial charge in [0.05, 0.1) is 7.11 Å². The first-order valence-corrected chi connectivity index (χ1v) is 13.0. The third-order valence-electron chi connectivity index (χ3n) is 5.80. The Morgan fingerprint density at radius 1 is 0.800 bits per heavy atom. The van der Waals surface area contributed by atoms with Gasteiger partial charge in [-0.05, 0) is 35.9 Å². The third-order valence-corrected chi connectivity index (χ3v) is 6.68. The summed E-state index contributed by atoms with van der Waals surface area (Å²) in [4.78, 5) is -0.181. The molecular weight excluding hydrogens is 396 g/mol. The topological polar surface area (TPSA) is 63.6 Å². The van der Waals surface area contributed by atoms with Crippen LogP contribution in [0.5, 0.6) is 5.75 Å². The monoisotopic (exact) mass is 434 g/mol. The highest BCUT2D eigenvalue weighted by Crippen LogP contribution is 2.33. The van der Waals surface area contributed by atoms with E-state index < -0.39 is 10.1 Å². The Kier molecular flexibility index (Phi) is 10.7. The second-order valence-electron chi connectivity index (χ2n) is 8.27. The van der Waals surface area contributed by atoms with E-state index in [4.69, 9.17) is 4.74 Å². The number of methoxy groups -OCH3 is 1. The van der Waals surface area contributed by atoms with Crippen LogP contribution in [0.3, 0.4) is 0 Å². The van der Waals surface area contributed by atoms with Crippen molar-refractivity contribution >= 4 is 20.9 Å². The molecule has 0 saturated carbocycles. The van der Waals surface area contributed by atoms with Gasteiger partial charge in [0.25, 0.3) is 10.1 Å². The molecule has 1 N–H and O–H groups in total. The van der Waals surface area contributed by atoms with Crippen molar-refractivity contribution in [2.45, 2.75) is 95.3 Å². The van der Waals surface area contributed by atoms with Crippen molar-refractivity contribution < 1.29 is 17.7 Å². The number of rotatable bonds is 15. The van der Waals surface area contributed by atoms with Gasteiger partial charge in [0.15, 0.2) is 0 Å². The molecule has 0 unspecified atom stereocenters. The quantitative estimate of drug-likeness (QED) is 0.235. The van der Waals surface area contributed by atoms with E-state index in [1.54, 1.807) is 6.07 Å². The largest absolute Gasteiger partial charge is 0.495 e. The van der Waals surface area contributed by atoms with Crippen molar-refractivity contribution in [3.63, 3.8) is 0 Å². The van der Waals surface area contributed by atoms with Crippen LogP contribution in [0, 0.1) is 0 Å². The van der Waals surface area contributed by atoms with Gasteiger partial charge >= 0.3 is 0 Å². The Balaban J connectivity index is 1.75. The first kappa shape index (κ1) is 24.7. The Morgan fingerprint density at radius 3 is 1.87 bits per heavy atom. The maximum Gasteiger partial charge on any atom is 0.298 e. The van der Waals surface area contributed by atoms with E-state index in [-0.39, 0.29) is 10.6 Å². The maximum atomic E-state index is 11.6. The van der Waals surface area contributed by atoms with Crippen LogP contribution < -0.4 is 4.74 Å². The van der Waals surface area contributed by atoms with E-state index in [0.717, 1.165) is 23.6 Å². The van der Waals surface area contributed by atoms with E-state index in [0.29, 0.717) is 0 Å². The van der Waals surface area contributed by atoms with Gasteiger partial charge in [-0.25, -0.2) is 0 Å². The summed E-state index contributed by atoms with van der Waals surface area (Å²) in [5.74, 6) is 0.214. The standard InChI is InChI=1S/C25H38O4S/c1-3-4-5-6-7-8-9-10-11-12-13-14-15-21-16-17-22-18-19-24(30(26,27)28)25(29-2)23(22)20-21/h16-20H,3-15H2,1-2H3,(H,26,27,28). The van der Waals surface area contributed by atoms with Gasteiger partial charge in [0.1, 0.15) is 10.6 Å². The highest BCUT2D eigenvalue weighted by molar-refractivity contribution is 7.86. The lowest BCUT2D eigenvalue weighted by molar-refractivity contribution is 0.402. The smallest absolute Gasteiger partial charge is 0.298 e. The molecule has 0 saturated heterocycles. The normalized spacial score (nSPS) is 11.8. The zero-order valence-corrected chi connectivity index (χ0v) is 19.5. The summed E-state index contributed by atoms with van der Waals surface area (Å²) in [6, 6.07) is 9.16. The average Bonchev–Trinajstić information content (AvgIpc) is 2.72. The number of fused-ring (bicyclic) bond motifs is 1. The van der Waals surface area contributed by atoms with Crippen molar-refractivity contribution in [3.05, 3.63) is 35.9 Å². The van der Waals surface area contributed by atoms with E-state index in [9.17, 15) is 13.0 Å². The van der Waals surface area contributed by atoms with E-state index in [1.807, 2.05) is 12.1 Å². The summed E-state index contributed by atoms with van der Waals surface area (Å²) >= 11 is 0. The summed E-state index contributed by atoms with van der Waals surface area (Å²) in [6.45, 7) is 2.26. The molecule has 2 aromatic carbocycles. The van der Waals surface area contributed by atoms with Crippen LogP contribution in [0.15, 0.2) is 35.2 Å². The van der Waals surface area contributed by atoms with Gasteiger partial charge in [-0.1, -0.05) is 95.8 Å². The minimum atomic E-state index is -4.32. The summed E-state index contributed by atoms with van der Waals surface area (Å²) < 4.78 is 38.0. The number of aryl methyl sites for hydroxylation is 1. The first-order valence-electron chi connectivity index (χ1n) is 11.5. The SMILES string of the molecule is CCCCCCCCCCCCCCc1ccc2ccc(S(=O)(=O)O)c(OC)c2c1. The number of hydrogen-bond acceptors (Lipinski definition) is 3. The molecule has 0 aromatic heterocycles. The van der Waals surface area contributed by atoms with Crippen molar-refractivity contribution in [2.24, 2.45) is 0 Å². The number of unbranched alkanes of at least 4 members (excludes halogenated alkanes) is 11. The molecule has 0 bridgehead atoms. The van der Waals surface area contributed by atoms with Crippen LogP contribution >= 0.6 is 0 Å². The zero-order chi connectivity index (χ0) is 21.8. The minimum Gasteiger partial charge on any atom is -0.495 e. The van der Waals surface area contributed by atoms with Gasteiger partial charge < -0.3 is 4.74 Å². The van der Waals surface area contributed by atoms with Crippen molar-refractivity contribution in [1.82, 2.24) is 0 Å². The van der Waals surface area contributed by atoms with Crippen LogP contribution in [0.25, 0.3) is 10.8 Å². The van der Waals surface area contributed by atoms with Gasteiger partial charge in [0.2, 0.25) is 0 Å². The zero-order valence-electron chi connectivity index (χ0n) is 18.7. The highest BCUT2D eigenvalue weighted by Gasteiger charge is 2.18. The van der Waals surface area contributed by atoms with Crippen molar-refractivity contribution in [2.75, 3.05) is 7.11 Å². The molecule has 0 aliphatic heterocycles. The van der Waals surface area contributed by atoms with Crippen molar-refractivity contribution in [3.8, 4) is 5.75 Å². The Bertz CT molecular complexity index is 874. The Hall–Kier alpha value is -1.59. The third kappa shape index (κ3) is 7.92. The molecule has 0 radical (unpaired) electrons. The molecule has 2 rings (SSSR count). The molecular formula is C25H38O4S. The van der Waals surface area contributed by atoms with E-state index in [2.05, 4.69) is 13.0 Å². The molecule has 0 aliphatic carbocycles. The number of ether oxygens (including phenoxy) is 1. The molecule has 0 heterocycles. The van der Waals surface area contributed by atoms with Gasteiger partial charge in [-0.15, -0.1) is 0 Å². The second-order valence-corrected chi connectivity index (χ2v) is 9.66. The van der Waals surface area contributed by atoms with Crippen LogP contribution in [0.4, 0.5) is 0 Å². The summed E-state index contributed by atoms with van der Waals surface area (Å²) in [5, 5.41) is 1.63. The summed E-state index contributed by atoms with van der Waals surface area (Å²) in [6.07, 6.45) is 16.9. The van der Waals surface area contributed by atoms with Crippen LogP contribution in [-0.4, -0.2) is 20.1 Å². The van der Waals surface area contributed by atoms with Gasteiger partial charge in [-0.3, -0.25) is 4.55 Å². The fourth-order valence-electron chi connectivity index (χ4n) is 4.06. The fraction of sp³-hybridized carbons (Fsp3) is 0.600. The number of hydrogen-bond donors (Lipinski definition) is 1. The Labute approximate surface area is 182 Å².